The zero-order valence-corrected chi connectivity index (χ0v) is 10.7. The largest absolute Gasteiger partial charge is 0.315 e. The van der Waals surface area contributed by atoms with Crippen LogP contribution in [-0.2, 0) is 0 Å². The van der Waals surface area contributed by atoms with E-state index in [-0.39, 0.29) is 11.5 Å². The third kappa shape index (κ3) is 3.84. The molecule has 0 atom stereocenters. The summed E-state index contributed by atoms with van der Waals surface area (Å²) in [6.45, 7) is 3.89. The molecule has 19 heavy (non-hydrogen) atoms. The predicted octanol–water partition coefficient (Wildman–Crippen LogP) is 1.07. The van der Waals surface area contributed by atoms with E-state index in [9.17, 15) is 14.9 Å². The lowest BCUT2D eigenvalue weighted by atomic mass is 10.1. The van der Waals surface area contributed by atoms with Crippen LogP contribution in [0.3, 0.4) is 0 Å². The second-order valence-electron chi connectivity index (χ2n) is 4.61. The smallest absolute Gasteiger partial charge is 0.270 e. The first-order valence-electron chi connectivity index (χ1n) is 6.37. The van der Waals surface area contributed by atoms with Crippen LogP contribution in [0.5, 0.6) is 0 Å². The molecule has 0 aromatic heterocycles. The Hall–Kier alpha value is -1.79. The molecule has 1 aliphatic rings. The average Bonchev–Trinajstić information content (AvgIpc) is 2.67. The molecule has 0 amide bonds. The van der Waals surface area contributed by atoms with E-state index >= 15 is 0 Å². The Balaban J connectivity index is 2.02. The Morgan fingerprint density at radius 1 is 1.37 bits per heavy atom. The lowest BCUT2D eigenvalue weighted by molar-refractivity contribution is -0.384. The number of hydrogen-bond acceptors (Lipinski definition) is 5. The second kappa shape index (κ2) is 6.40. The van der Waals surface area contributed by atoms with E-state index in [4.69, 9.17) is 0 Å². The van der Waals surface area contributed by atoms with Gasteiger partial charge >= 0.3 is 0 Å². The monoisotopic (exact) mass is 263 g/mol. The first-order valence-corrected chi connectivity index (χ1v) is 6.37. The summed E-state index contributed by atoms with van der Waals surface area (Å²) in [5.74, 6) is -0.0643. The maximum Gasteiger partial charge on any atom is 0.270 e. The number of ketones is 1. The van der Waals surface area contributed by atoms with Crippen LogP contribution in [0, 0.1) is 10.1 Å². The van der Waals surface area contributed by atoms with Gasteiger partial charge in [0, 0.05) is 30.8 Å². The van der Waals surface area contributed by atoms with Crippen molar-refractivity contribution in [1.82, 2.24) is 10.2 Å². The first kappa shape index (κ1) is 13.6. The molecule has 0 radical (unpaired) electrons. The zero-order chi connectivity index (χ0) is 13.7. The standard InChI is InChI=1S/C13H17N3O3/c17-13(10-15-7-2-5-14-6-8-15)11-3-1-4-12(9-11)16(18)19/h1,3-4,9,14H,2,5-8,10H2. The van der Waals surface area contributed by atoms with Crippen LogP contribution < -0.4 is 5.32 Å². The molecule has 0 aliphatic carbocycles. The number of nitro groups is 1. The molecule has 1 aliphatic heterocycles. The molecule has 1 heterocycles. The molecule has 1 fully saturated rings. The van der Waals surface area contributed by atoms with Crippen molar-refractivity contribution >= 4 is 11.5 Å². The van der Waals surface area contributed by atoms with Crippen molar-refractivity contribution in [3.05, 3.63) is 39.9 Å². The van der Waals surface area contributed by atoms with Gasteiger partial charge in [-0.15, -0.1) is 0 Å². The van der Waals surface area contributed by atoms with E-state index in [0.717, 1.165) is 32.6 Å². The Morgan fingerprint density at radius 3 is 3.00 bits per heavy atom. The number of non-ortho nitro benzene ring substituents is 1. The molecule has 6 heteroatoms. The number of nitrogens with one attached hydrogen (secondary N) is 1. The van der Waals surface area contributed by atoms with Gasteiger partial charge in [-0.2, -0.15) is 0 Å². The maximum atomic E-state index is 12.1. The molecule has 1 aromatic rings. The molecule has 1 aromatic carbocycles. The number of Topliss-reactive ketones (excluding diaryl/α,β-unsaturated/α-hetero) is 1. The van der Waals surface area contributed by atoms with Gasteiger partial charge < -0.3 is 5.32 Å². The highest BCUT2D eigenvalue weighted by Gasteiger charge is 2.16. The molecule has 0 unspecified atom stereocenters. The van der Waals surface area contributed by atoms with Crippen molar-refractivity contribution < 1.29 is 9.72 Å². The highest BCUT2D eigenvalue weighted by molar-refractivity contribution is 5.98. The maximum absolute atomic E-state index is 12.1. The first-order chi connectivity index (χ1) is 9.16. The van der Waals surface area contributed by atoms with E-state index in [2.05, 4.69) is 10.2 Å². The summed E-state index contributed by atoms with van der Waals surface area (Å²) in [5.41, 5.74) is 0.370. The molecule has 6 nitrogen and oxygen atoms in total. The summed E-state index contributed by atoms with van der Waals surface area (Å²) in [6, 6.07) is 5.92. The molecule has 0 bridgehead atoms. The minimum Gasteiger partial charge on any atom is -0.315 e. The van der Waals surface area contributed by atoms with E-state index < -0.39 is 4.92 Å². The fraction of sp³-hybridized carbons (Fsp3) is 0.462. The minimum absolute atomic E-state index is 0.0385. The van der Waals surface area contributed by atoms with Crippen LogP contribution in [0.2, 0.25) is 0 Å². The lowest BCUT2D eigenvalue weighted by Crippen LogP contribution is -2.33. The third-order valence-corrected chi connectivity index (χ3v) is 3.18. The van der Waals surface area contributed by atoms with Gasteiger partial charge in [0.2, 0.25) is 0 Å². The molecule has 102 valence electrons. The number of nitrogens with zero attached hydrogens (tertiary/aromatic N) is 2. The third-order valence-electron chi connectivity index (χ3n) is 3.18. The number of carbonyl (C=O) groups excluding carboxylic acids is 1. The van der Waals surface area contributed by atoms with Gasteiger partial charge in [-0.1, -0.05) is 12.1 Å². The van der Waals surface area contributed by atoms with E-state index in [1.165, 1.54) is 12.1 Å². The van der Waals surface area contributed by atoms with Crippen molar-refractivity contribution in [2.45, 2.75) is 6.42 Å². The van der Waals surface area contributed by atoms with E-state index in [1.807, 2.05) is 0 Å². The highest BCUT2D eigenvalue weighted by atomic mass is 16.6. The number of nitro benzene ring substituents is 1. The molecule has 1 N–H and O–H groups in total. The summed E-state index contributed by atoms with van der Waals surface area (Å²) >= 11 is 0. The van der Waals surface area contributed by atoms with Crippen molar-refractivity contribution in [2.24, 2.45) is 0 Å². The minimum atomic E-state index is -0.480. The normalized spacial score (nSPS) is 16.8. The van der Waals surface area contributed by atoms with Crippen molar-refractivity contribution in [3.63, 3.8) is 0 Å². The Labute approximate surface area is 111 Å². The summed E-state index contributed by atoms with van der Waals surface area (Å²) in [6.07, 6.45) is 1.02. The summed E-state index contributed by atoms with van der Waals surface area (Å²) < 4.78 is 0. The van der Waals surface area contributed by atoms with Gasteiger partial charge in [-0.05, 0) is 19.5 Å². The van der Waals surface area contributed by atoms with Crippen LogP contribution in [0.25, 0.3) is 0 Å². The Bertz CT molecular complexity index is 468. The fourth-order valence-corrected chi connectivity index (χ4v) is 2.15. The fourth-order valence-electron chi connectivity index (χ4n) is 2.15. The number of hydrogen-bond donors (Lipinski definition) is 1. The zero-order valence-electron chi connectivity index (χ0n) is 10.7. The molecular weight excluding hydrogens is 246 g/mol. The number of benzene rings is 1. The molecule has 0 saturated carbocycles. The van der Waals surface area contributed by atoms with E-state index in [0.29, 0.717) is 12.1 Å². The average molecular weight is 263 g/mol. The van der Waals surface area contributed by atoms with Crippen LogP contribution in [0.4, 0.5) is 5.69 Å². The van der Waals surface area contributed by atoms with Crippen LogP contribution >= 0.6 is 0 Å². The topological polar surface area (TPSA) is 75.5 Å². The van der Waals surface area contributed by atoms with Gasteiger partial charge in [0.15, 0.2) is 5.78 Å². The quantitative estimate of drug-likeness (QED) is 0.499. The van der Waals surface area contributed by atoms with Gasteiger partial charge in [-0.25, -0.2) is 0 Å². The van der Waals surface area contributed by atoms with Crippen molar-refractivity contribution in [1.29, 1.82) is 0 Å². The SMILES string of the molecule is O=C(CN1CCCNCC1)c1cccc([N+](=O)[O-])c1. The molecular formula is C13H17N3O3. The van der Waals surface area contributed by atoms with Crippen LogP contribution in [0.1, 0.15) is 16.8 Å². The molecule has 2 rings (SSSR count). The summed E-state index contributed by atoms with van der Waals surface area (Å²) in [7, 11) is 0. The summed E-state index contributed by atoms with van der Waals surface area (Å²) in [5, 5.41) is 14.0. The Kier molecular flexibility index (Phi) is 4.59. The van der Waals surface area contributed by atoms with Gasteiger partial charge in [-0.3, -0.25) is 19.8 Å². The molecule has 1 saturated heterocycles. The number of rotatable bonds is 4. The second-order valence-corrected chi connectivity index (χ2v) is 4.61. The van der Waals surface area contributed by atoms with Gasteiger partial charge in [0.05, 0.1) is 11.5 Å². The van der Waals surface area contributed by atoms with Crippen LogP contribution in [-0.4, -0.2) is 48.3 Å². The number of carbonyl (C=O) groups is 1. The van der Waals surface area contributed by atoms with E-state index in [1.54, 1.807) is 12.1 Å². The Morgan fingerprint density at radius 2 is 2.21 bits per heavy atom. The van der Waals surface area contributed by atoms with Crippen LogP contribution in [0.15, 0.2) is 24.3 Å². The lowest BCUT2D eigenvalue weighted by Gasteiger charge is -2.18. The highest BCUT2D eigenvalue weighted by Crippen LogP contribution is 2.14. The predicted molar refractivity (Wildman–Crippen MR) is 71.4 cm³/mol. The molecule has 0 spiro atoms. The van der Waals surface area contributed by atoms with Gasteiger partial charge in [0.1, 0.15) is 0 Å². The summed E-state index contributed by atoms with van der Waals surface area (Å²) in [4.78, 5) is 24.4. The van der Waals surface area contributed by atoms with Crippen molar-refractivity contribution in [2.75, 3.05) is 32.7 Å². The van der Waals surface area contributed by atoms with Crippen molar-refractivity contribution in [3.8, 4) is 0 Å². The van der Waals surface area contributed by atoms with Gasteiger partial charge in [0.25, 0.3) is 5.69 Å².